The molecule has 20 heavy (non-hydrogen) atoms. The monoisotopic (exact) mass is 274 g/mol. The van der Waals surface area contributed by atoms with Gasteiger partial charge in [0, 0.05) is 23.4 Å². The lowest BCUT2D eigenvalue weighted by atomic mass is 10.1. The van der Waals surface area contributed by atoms with Crippen LogP contribution in [-0.4, -0.2) is 17.1 Å². The maximum Gasteiger partial charge on any atom is 0.138 e. The van der Waals surface area contributed by atoms with E-state index in [9.17, 15) is 0 Å². The quantitative estimate of drug-likeness (QED) is 0.874. The van der Waals surface area contributed by atoms with Gasteiger partial charge in [-0.1, -0.05) is 13.8 Å². The van der Waals surface area contributed by atoms with E-state index in [1.807, 2.05) is 32.2 Å². The summed E-state index contributed by atoms with van der Waals surface area (Å²) in [4.78, 5) is 4.24. The molecule has 0 saturated heterocycles. The van der Waals surface area contributed by atoms with Crippen LogP contribution in [0.15, 0.2) is 35.2 Å². The average Bonchev–Trinajstić information content (AvgIpc) is 2.84. The summed E-state index contributed by atoms with van der Waals surface area (Å²) in [7, 11) is 0. The highest BCUT2D eigenvalue weighted by Crippen LogP contribution is 2.27. The van der Waals surface area contributed by atoms with E-state index in [1.54, 1.807) is 12.5 Å². The van der Waals surface area contributed by atoms with Crippen molar-refractivity contribution in [2.75, 3.05) is 0 Å². The summed E-state index contributed by atoms with van der Waals surface area (Å²) < 4.78 is 11.2. The minimum atomic E-state index is 0.137. The molecule has 0 aliphatic carbocycles. The van der Waals surface area contributed by atoms with Crippen molar-refractivity contribution in [2.45, 2.75) is 46.4 Å². The molecule has 0 spiro atoms. The third-order valence-electron chi connectivity index (χ3n) is 2.81. The van der Waals surface area contributed by atoms with Gasteiger partial charge in [-0.25, -0.2) is 0 Å². The first-order chi connectivity index (χ1) is 9.56. The van der Waals surface area contributed by atoms with Crippen molar-refractivity contribution in [1.82, 2.24) is 10.3 Å². The van der Waals surface area contributed by atoms with Crippen molar-refractivity contribution in [1.29, 1.82) is 0 Å². The Balaban J connectivity index is 2.21. The molecule has 0 aliphatic heterocycles. The second kappa shape index (κ2) is 6.57. The summed E-state index contributed by atoms with van der Waals surface area (Å²) in [6, 6.07) is 4.38. The van der Waals surface area contributed by atoms with Gasteiger partial charge in [0.25, 0.3) is 0 Å². The molecular formula is C16H22N2O2. The Morgan fingerprint density at radius 3 is 2.75 bits per heavy atom. The van der Waals surface area contributed by atoms with Crippen LogP contribution in [0.3, 0.4) is 0 Å². The van der Waals surface area contributed by atoms with Crippen LogP contribution in [0.25, 0.3) is 11.1 Å². The van der Waals surface area contributed by atoms with Gasteiger partial charge in [-0.2, -0.15) is 0 Å². The molecule has 0 aromatic carbocycles. The van der Waals surface area contributed by atoms with E-state index in [0.29, 0.717) is 12.6 Å². The molecule has 0 unspecified atom stereocenters. The highest BCUT2D eigenvalue weighted by atomic mass is 16.5. The van der Waals surface area contributed by atoms with Crippen LogP contribution in [0.5, 0.6) is 5.75 Å². The van der Waals surface area contributed by atoms with Crippen molar-refractivity contribution in [3.8, 4) is 16.9 Å². The number of nitrogens with zero attached hydrogens (tertiary/aromatic N) is 1. The predicted octanol–water partition coefficient (Wildman–Crippen LogP) is 3.63. The normalized spacial score (nSPS) is 11.3. The molecule has 2 aromatic rings. The number of aromatic nitrogens is 1. The zero-order valence-corrected chi connectivity index (χ0v) is 12.5. The average molecular weight is 274 g/mol. The first kappa shape index (κ1) is 14.6. The highest BCUT2D eigenvalue weighted by Gasteiger charge is 2.10. The zero-order valence-electron chi connectivity index (χ0n) is 12.5. The fraction of sp³-hybridized carbons (Fsp3) is 0.438. The molecule has 2 heterocycles. The fourth-order valence-electron chi connectivity index (χ4n) is 1.93. The molecule has 0 saturated carbocycles. The maximum absolute atomic E-state index is 5.68. The molecule has 4 nitrogen and oxygen atoms in total. The van der Waals surface area contributed by atoms with Gasteiger partial charge >= 0.3 is 0 Å². The van der Waals surface area contributed by atoms with Gasteiger partial charge in [-0.15, -0.1) is 0 Å². The Morgan fingerprint density at radius 1 is 1.25 bits per heavy atom. The summed E-state index contributed by atoms with van der Waals surface area (Å²) >= 11 is 0. The van der Waals surface area contributed by atoms with Gasteiger partial charge in [0.2, 0.25) is 0 Å². The number of rotatable bonds is 6. The number of hydrogen-bond donors (Lipinski definition) is 1. The standard InChI is InChI=1S/C16H22N2O2/c1-11(2)18-10-16-15(5-6-19-16)13-7-14(9-17-8-13)20-12(3)4/h5-9,11-12,18H,10H2,1-4H3. The Labute approximate surface area is 120 Å². The van der Waals surface area contributed by atoms with E-state index in [4.69, 9.17) is 9.15 Å². The zero-order chi connectivity index (χ0) is 14.5. The largest absolute Gasteiger partial charge is 0.489 e. The lowest BCUT2D eigenvalue weighted by Crippen LogP contribution is -2.21. The summed E-state index contributed by atoms with van der Waals surface area (Å²) in [5, 5.41) is 3.36. The molecule has 1 N–H and O–H groups in total. The third-order valence-corrected chi connectivity index (χ3v) is 2.81. The van der Waals surface area contributed by atoms with Crippen LogP contribution in [-0.2, 0) is 6.54 Å². The van der Waals surface area contributed by atoms with Crippen molar-refractivity contribution < 1.29 is 9.15 Å². The van der Waals surface area contributed by atoms with Crippen molar-refractivity contribution in [3.05, 3.63) is 36.5 Å². The molecule has 0 fully saturated rings. The molecule has 4 heteroatoms. The van der Waals surface area contributed by atoms with Crippen LogP contribution in [0, 0.1) is 0 Å². The molecular weight excluding hydrogens is 252 g/mol. The van der Waals surface area contributed by atoms with Gasteiger partial charge in [-0.05, 0) is 26.0 Å². The van der Waals surface area contributed by atoms with Crippen LogP contribution in [0.4, 0.5) is 0 Å². The van der Waals surface area contributed by atoms with Crippen LogP contribution >= 0.6 is 0 Å². The van der Waals surface area contributed by atoms with E-state index in [1.165, 1.54) is 0 Å². The van der Waals surface area contributed by atoms with E-state index < -0.39 is 0 Å². The number of furan rings is 1. The maximum atomic E-state index is 5.68. The minimum absolute atomic E-state index is 0.137. The molecule has 108 valence electrons. The molecule has 0 aliphatic rings. The Hall–Kier alpha value is -1.81. The van der Waals surface area contributed by atoms with E-state index in [-0.39, 0.29) is 6.10 Å². The van der Waals surface area contributed by atoms with Gasteiger partial charge in [0.05, 0.1) is 25.1 Å². The molecule has 0 radical (unpaired) electrons. The van der Waals surface area contributed by atoms with E-state index in [2.05, 4.69) is 24.1 Å². The summed E-state index contributed by atoms with van der Waals surface area (Å²) in [6.45, 7) is 8.93. The van der Waals surface area contributed by atoms with Gasteiger partial charge in [0.1, 0.15) is 11.5 Å². The second-order valence-corrected chi connectivity index (χ2v) is 5.37. The smallest absolute Gasteiger partial charge is 0.138 e. The number of pyridine rings is 1. The van der Waals surface area contributed by atoms with E-state index >= 15 is 0 Å². The van der Waals surface area contributed by atoms with Crippen LogP contribution in [0.1, 0.15) is 33.5 Å². The number of nitrogens with one attached hydrogen (secondary N) is 1. The van der Waals surface area contributed by atoms with Crippen LogP contribution in [0.2, 0.25) is 0 Å². The van der Waals surface area contributed by atoms with Gasteiger partial charge < -0.3 is 14.5 Å². The SMILES string of the molecule is CC(C)NCc1occc1-c1cncc(OC(C)C)c1. The van der Waals surface area contributed by atoms with Crippen LogP contribution < -0.4 is 10.1 Å². The highest BCUT2D eigenvalue weighted by molar-refractivity contribution is 5.65. The summed E-state index contributed by atoms with van der Waals surface area (Å²) in [5.41, 5.74) is 2.07. The Kier molecular flexibility index (Phi) is 4.79. The Bertz CT molecular complexity index is 547. The van der Waals surface area contributed by atoms with E-state index in [0.717, 1.165) is 22.6 Å². The predicted molar refractivity (Wildman–Crippen MR) is 79.7 cm³/mol. The molecule has 2 rings (SSSR count). The fourth-order valence-corrected chi connectivity index (χ4v) is 1.93. The van der Waals surface area contributed by atoms with Crippen molar-refractivity contribution >= 4 is 0 Å². The molecule has 0 amide bonds. The third kappa shape index (κ3) is 3.84. The molecule has 0 atom stereocenters. The number of ether oxygens (including phenoxy) is 1. The molecule has 2 aromatic heterocycles. The minimum Gasteiger partial charge on any atom is -0.489 e. The summed E-state index contributed by atoms with van der Waals surface area (Å²) in [5.74, 6) is 1.70. The lowest BCUT2D eigenvalue weighted by Gasteiger charge is -2.11. The topological polar surface area (TPSA) is 47.3 Å². The second-order valence-electron chi connectivity index (χ2n) is 5.37. The first-order valence-corrected chi connectivity index (χ1v) is 6.98. The Morgan fingerprint density at radius 2 is 2.05 bits per heavy atom. The number of hydrogen-bond acceptors (Lipinski definition) is 4. The molecule has 0 bridgehead atoms. The van der Waals surface area contributed by atoms with Gasteiger partial charge in [0.15, 0.2) is 0 Å². The summed E-state index contributed by atoms with van der Waals surface area (Å²) in [6.07, 6.45) is 5.41. The first-order valence-electron chi connectivity index (χ1n) is 6.98. The van der Waals surface area contributed by atoms with Crippen molar-refractivity contribution in [3.63, 3.8) is 0 Å². The van der Waals surface area contributed by atoms with Gasteiger partial charge in [-0.3, -0.25) is 4.98 Å². The van der Waals surface area contributed by atoms with Crippen molar-refractivity contribution in [2.24, 2.45) is 0 Å². The lowest BCUT2D eigenvalue weighted by molar-refractivity contribution is 0.241.